The normalized spacial score (nSPS) is 24.5. The Hall–Kier alpha value is -2.70. The van der Waals surface area contributed by atoms with Crippen LogP contribution in [-0.4, -0.2) is 16.7 Å². The van der Waals surface area contributed by atoms with Gasteiger partial charge in [0.1, 0.15) is 5.78 Å². The summed E-state index contributed by atoms with van der Waals surface area (Å²) in [5.74, 6) is -0.388. The molecule has 3 rings (SSSR count). The Bertz CT molecular complexity index is 651. The molecular formula is C14H13N3O4. The Kier molecular flexibility index (Phi) is 3.17. The van der Waals surface area contributed by atoms with Gasteiger partial charge in [-0.25, -0.2) is 4.79 Å². The number of nitrogens with one attached hydrogen (secondary N) is 2. The molecule has 108 valence electrons. The van der Waals surface area contributed by atoms with Gasteiger partial charge in [0.15, 0.2) is 0 Å². The first-order valence-corrected chi connectivity index (χ1v) is 6.61. The number of hydrogen-bond donors (Lipinski definition) is 2. The minimum Gasteiger partial charge on any atom is -0.330 e. The molecule has 1 aliphatic carbocycles. The average Bonchev–Trinajstić information content (AvgIpc) is 2.46. The van der Waals surface area contributed by atoms with Crippen LogP contribution in [0.25, 0.3) is 0 Å². The highest BCUT2D eigenvalue weighted by Crippen LogP contribution is 2.35. The smallest absolute Gasteiger partial charge is 0.319 e. The Morgan fingerprint density at radius 1 is 1.19 bits per heavy atom. The van der Waals surface area contributed by atoms with Gasteiger partial charge in [-0.1, -0.05) is 18.2 Å². The molecule has 1 aromatic rings. The quantitative estimate of drug-likeness (QED) is 0.639. The molecule has 2 aliphatic rings. The molecule has 1 heterocycles. The standard InChI is InChI=1S/C14H13N3O4/c18-11-3-1-2-10-12(11)13(16-14(19)15-10)8-4-6-9(7-5-8)17(20)21/h2,4-7,12-13H,1,3H2,(H2,15,16,19)/t12-,13-/m0/s1. The van der Waals surface area contributed by atoms with Crippen molar-refractivity contribution in [3.8, 4) is 0 Å². The summed E-state index contributed by atoms with van der Waals surface area (Å²) in [5, 5.41) is 16.1. The fourth-order valence-electron chi connectivity index (χ4n) is 2.79. The number of nitro groups is 1. The van der Waals surface area contributed by atoms with Gasteiger partial charge in [0.25, 0.3) is 5.69 Å². The number of fused-ring (bicyclic) bond motifs is 1. The first kappa shape index (κ1) is 13.3. The van der Waals surface area contributed by atoms with E-state index in [0.717, 1.165) is 0 Å². The molecule has 1 aliphatic heterocycles. The minimum atomic E-state index is -0.487. The van der Waals surface area contributed by atoms with Crippen molar-refractivity contribution in [3.05, 3.63) is 51.7 Å². The van der Waals surface area contributed by atoms with Crippen molar-refractivity contribution in [2.75, 3.05) is 0 Å². The number of nitrogens with zero attached hydrogens (tertiary/aromatic N) is 1. The van der Waals surface area contributed by atoms with Gasteiger partial charge in [0, 0.05) is 24.3 Å². The van der Waals surface area contributed by atoms with Gasteiger partial charge in [-0.15, -0.1) is 0 Å². The molecule has 0 unspecified atom stereocenters. The second-order valence-electron chi connectivity index (χ2n) is 5.07. The van der Waals surface area contributed by atoms with Gasteiger partial charge >= 0.3 is 6.03 Å². The topological polar surface area (TPSA) is 101 Å². The van der Waals surface area contributed by atoms with Crippen molar-refractivity contribution in [2.45, 2.75) is 18.9 Å². The van der Waals surface area contributed by atoms with E-state index in [1.165, 1.54) is 12.1 Å². The summed E-state index contributed by atoms with van der Waals surface area (Å²) in [4.78, 5) is 34.1. The highest BCUT2D eigenvalue weighted by molar-refractivity contribution is 5.90. The van der Waals surface area contributed by atoms with Crippen LogP contribution in [0, 0.1) is 16.0 Å². The van der Waals surface area contributed by atoms with Crippen molar-refractivity contribution >= 4 is 17.5 Å². The van der Waals surface area contributed by atoms with E-state index in [-0.39, 0.29) is 17.5 Å². The zero-order valence-corrected chi connectivity index (χ0v) is 11.0. The van der Waals surface area contributed by atoms with Gasteiger partial charge in [-0.3, -0.25) is 14.9 Å². The molecule has 0 spiro atoms. The molecule has 1 aromatic carbocycles. The van der Waals surface area contributed by atoms with Crippen molar-refractivity contribution < 1.29 is 14.5 Å². The van der Waals surface area contributed by atoms with Gasteiger partial charge in [0.2, 0.25) is 0 Å². The van der Waals surface area contributed by atoms with E-state index >= 15 is 0 Å². The molecule has 0 radical (unpaired) electrons. The van der Waals surface area contributed by atoms with E-state index in [0.29, 0.717) is 24.1 Å². The molecule has 2 N–H and O–H groups in total. The van der Waals surface area contributed by atoms with Gasteiger partial charge in [-0.2, -0.15) is 0 Å². The van der Waals surface area contributed by atoms with Crippen LogP contribution >= 0.6 is 0 Å². The lowest BCUT2D eigenvalue weighted by atomic mass is 9.80. The van der Waals surface area contributed by atoms with Crippen molar-refractivity contribution in [3.63, 3.8) is 0 Å². The predicted octanol–water partition coefficient (Wildman–Crippen LogP) is 1.81. The Balaban J connectivity index is 1.96. The summed E-state index contributed by atoms with van der Waals surface area (Å²) < 4.78 is 0. The maximum Gasteiger partial charge on any atom is 0.319 e. The van der Waals surface area contributed by atoms with E-state index in [4.69, 9.17) is 0 Å². The van der Waals surface area contributed by atoms with Gasteiger partial charge in [0.05, 0.1) is 16.9 Å². The number of allylic oxidation sites excluding steroid dienone is 1. The SMILES string of the molecule is O=C1NC2=CCCC(=O)[C@H]2[C@H](c2ccc([N+](=O)[O-])cc2)N1. The zero-order chi connectivity index (χ0) is 15.0. The number of urea groups is 1. The number of Topliss-reactive ketones (excluding diaryl/α,β-unsaturated/α-hetero) is 1. The molecule has 2 atom stereocenters. The van der Waals surface area contributed by atoms with Crippen molar-refractivity contribution in [1.29, 1.82) is 0 Å². The number of non-ortho nitro benzene ring substituents is 1. The van der Waals surface area contributed by atoms with Crippen LogP contribution in [0.2, 0.25) is 0 Å². The Morgan fingerprint density at radius 3 is 2.57 bits per heavy atom. The number of rotatable bonds is 2. The number of hydrogen-bond acceptors (Lipinski definition) is 4. The van der Waals surface area contributed by atoms with Crippen molar-refractivity contribution in [1.82, 2.24) is 10.6 Å². The van der Waals surface area contributed by atoms with E-state index in [1.807, 2.05) is 6.08 Å². The molecule has 7 nitrogen and oxygen atoms in total. The average molecular weight is 287 g/mol. The van der Waals surface area contributed by atoms with E-state index in [9.17, 15) is 19.7 Å². The third-order valence-corrected chi connectivity index (χ3v) is 3.78. The van der Waals surface area contributed by atoms with Crippen LogP contribution in [0.4, 0.5) is 10.5 Å². The first-order chi connectivity index (χ1) is 10.1. The highest BCUT2D eigenvalue weighted by Gasteiger charge is 2.39. The monoisotopic (exact) mass is 287 g/mol. The number of benzene rings is 1. The number of carbonyl (C=O) groups is 2. The van der Waals surface area contributed by atoms with Gasteiger partial charge < -0.3 is 10.6 Å². The maximum atomic E-state index is 12.2. The van der Waals surface area contributed by atoms with Crippen LogP contribution in [-0.2, 0) is 4.79 Å². The van der Waals surface area contributed by atoms with E-state index in [2.05, 4.69) is 10.6 Å². The lowest BCUT2D eigenvalue weighted by Gasteiger charge is -2.36. The summed E-state index contributed by atoms with van der Waals surface area (Å²) in [6.45, 7) is 0. The largest absolute Gasteiger partial charge is 0.330 e. The molecule has 21 heavy (non-hydrogen) atoms. The predicted molar refractivity (Wildman–Crippen MR) is 73.3 cm³/mol. The number of nitro benzene ring substituents is 1. The summed E-state index contributed by atoms with van der Waals surface area (Å²) >= 11 is 0. The lowest BCUT2D eigenvalue weighted by Crippen LogP contribution is -2.51. The Labute approximate surface area is 120 Å². The molecule has 0 bridgehead atoms. The highest BCUT2D eigenvalue weighted by atomic mass is 16.6. The minimum absolute atomic E-state index is 0.0234. The molecule has 1 fully saturated rings. The third-order valence-electron chi connectivity index (χ3n) is 3.78. The first-order valence-electron chi connectivity index (χ1n) is 6.61. The van der Waals surface area contributed by atoms with Crippen LogP contribution in [0.5, 0.6) is 0 Å². The number of amides is 2. The lowest BCUT2D eigenvalue weighted by molar-refractivity contribution is -0.384. The molecule has 2 amide bonds. The molecular weight excluding hydrogens is 274 g/mol. The van der Waals surface area contributed by atoms with Crippen LogP contribution in [0.15, 0.2) is 36.0 Å². The second-order valence-corrected chi connectivity index (χ2v) is 5.07. The molecule has 7 heteroatoms. The molecule has 0 saturated carbocycles. The van der Waals surface area contributed by atoms with Crippen molar-refractivity contribution in [2.24, 2.45) is 5.92 Å². The molecule has 0 aromatic heterocycles. The Morgan fingerprint density at radius 2 is 1.90 bits per heavy atom. The number of carbonyl (C=O) groups excluding carboxylic acids is 2. The fraction of sp³-hybridized carbons (Fsp3) is 0.286. The number of ketones is 1. The zero-order valence-electron chi connectivity index (χ0n) is 11.0. The summed E-state index contributed by atoms with van der Waals surface area (Å²) in [5.41, 5.74) is 1.28. The third kappa shape index (κ3) is 2.37. The maximum absolute atomic E-state index is 12.2. The summed E-state index contributed by atoms with van der Waals surface area (Å²) in [6.07, 6.45) is 2.93. The van der Waals surface area contributed by atoms with Crippen LogP contribution in [0.3, 0.4) is 0 Å². The molecule has 1 saturated heterocycles. The van der Waals surface area contributed by atoms with Gasteiger partial charge in [-0.05, 0) is 12.0 Å². The second kappa shape index (κ2) is 5.01. The summed E-state index contributed by atoms with van der Waals surface area (Å²) in [7, 11) is 0. The summed E-state index contributed by atoms with van der Waals surface area (Å²) in [6, 6.07) is 5.05. The van der Waals surface area contributed by atoms with E-state index < -0.39 is 16.9 Å². The van der Waals surface area contributed by atoms with E-state index in [1.54, 1.807) is 12.1 Å². The van der Waals surface area contributed by atoms with Crippen LogP contribution in [0.1, 0.15) is 24.4 Å². The fourth-order valence-corrected chi connectivity index (χ4v) is 2.79. The van der Waals surface area contributed by atoms with Crippen LogP contribution < -0.4 is 10.6 Å².